The lowest BCUT2D eigenvalue weighted by Crippen LogP contribution is -2.39. The van der Waals surface area contributed by atoms with Crippen LogP contribution in [0.2, 0.25) is 0 Å². The van der Waals surface area contributed by atoms with E-state index in [9.17, 15) is 4.79 Å². The van der Waals surface area contributed by atoms with Crippen molar-refractivity contribution in [2.75, 3.05) is 39.4 Å². The van der Waals surface area contributed by atoms with E-state index in [0.717, 1.165) is 62.4 Å². The summed E-state index contributed by atoms with van der Waals surface area (Å²) in [5.74, 6) is 0. The Labute approximate surface area is 177 Å². The molecule has 7 heteroatoms. The van der Waals surface area contributed by atoms with Gasteiger partial charge in [-0.2, -0.15) is 0 Å². The minimum Gasteiger partial charge on any atom is -0.379 e. The molecule has 1 fully saturated rings. The first kappa shape index (κ1) is 20.4. The third-order valence-electron chi connectivity index (χ3n) is 5.40. The number of amides is 2. The molecule has 0 spiro atoms. The fourth-order valence-corrected chi connectivity index (χ4v) is 3.67. The number of carbonyl (C=O) groups excluding carboxylic acids is 1. The molecule has 2 aromatic carbocycles. The van der Waals surface area contributed by atoms with E-state index >= 15 is 0 Å². The summed E-state index contributed by atoms with van der Waals surface area (Å²) in [7, 11) is 0. The van der Waals surface area contributed by atoms with E-state index in [2.05, 4.69) is 55.4 Å². The lowest BCUT2D eigenvalue weighted by molar-refractivity contribution is 0.0375. The van der Waals surface area contributed by atoms with Crippen LogP contribution < -0.4 is 10.6 Å². The molecular weight excluding hydrogens is 378 g/mol. The summed E-state index contributed by atoms with van der Waals surface area (Å²) < 4.78 is 7.49. The molecule has 4 rings (SSSR count). The molecule has 2 N–H and O–H groups in total. The Morgan fingerprint density at radius 1 is 1.00 bits per heavy atom. The summed E-state index contributed by atoms with van der Waals surface area (Å²) in [6.45, 7) is 6.56. The minimum atomic E-state index is -0.120. The summed E-state index contributed by atoms with van der Waals surface area (Å²) in [4.78, 5) is 18.8. The van der Waals surface area contributed by atoms with Gasteiger partial charge in [0.25, 0.3) is 0 Å². The van der Waals surface area contributed by atoms with Gasteiger partial charge in [-0.05, 0) is 36.2 Å². The van der Waals surface area contributed by atoms with E-state index < -0.39 is 0 Å². The third-order valence-corrected chi connectivity index (χ3v) is 5.40. The van der Waals surface area contributed by atoms with Crippen LogP contribution >= 0.6 is 0 Å². The molecule has 158 valence electrons. The number of urea groups is 1. The standard InChI is InChI=1S/C23H29N5O2/c29-23(24-10-3-11-27-12-14-30-15-13-27)25-16-19-6-8-20(9-7-19)17-28-18-26-21-4-1-2-5-22(21)28/h1-2,4-9,18H,3,10-17H2,(H2,24,25,29). The van der Waals surface area contributed by atoms with Gasteiger partial charge < -0.3 is 19.9 Å². The number of hydrogen-bond acceptors (Lipinski definition) is 4. The molecule has 1 saturated heterocycles. The van der Waals surface area contributed by atoms with Crippen LogP contribution in [0.3, 0.4) is 0 Å². The molecule has 1 aromatic heterocycles. The Kier molecular flexibility index (Phi) is 6.95. The zero-order chi connectivity index (χ0) is 20.6. The summed E-state index contributed by atoms with van der Waals surface area (Å²) >= 11 is 0. The maximum absolute atomic E-state index is 12.0. The zero-order valence-electron chi connectivity index (χ0n) is 17.2. The van der Waals surface area contributed by atoms with E-state index in [4.69, 9.17) is 4.74 Å². The molecule has 0 aliphatic carbocycles. The number of para-hydroxylation sites is 2. The number of ether oxygens (including phenoxy) is 1. The van der Waals surface area contributed by atoms with Crippen molar-refractivity contribution in [1.82, 2.24) is 25.1 Å². The molecule has 7 nitrogen and oxygen atoms in total. The molecule has 2 heterocycles. The Morgan fingerprint density at radius 2 is 1.77 bits per heavy atom. The van der Waals surface area contributed by atoms with Gasteiger partial charge in [-0.3, -0.25) is 4.90 Å². The first-order valence-corrected chi connectivity index (χ1v) is 10.6. The van der Waals surface area contributed by atoms with Gasteiger partial charge in [-0.25, -0.2) is 9.78 Å². The highest BCUT2D eigenvalue weighted by Gasteiger charge is 2.09. The van der Waals surface area contributed by atoms with Crippen molar-refractivity contribution in [3.05, 3.63) is 66.0 Å². The molecule has 30 heavy (non-hydrogen) atoms. The molecule has 1 aliphatic rings. The van der Waals surface area contributed by atoms with Crippen molar-refractivity contribution >= 4 is 17.1 Å². The van der Waals surface area contributed by atoms with Crippen LogP contribution in [0.1, 0.15) is 17.5 Å². The SMILES string of the molecule is O=C(NCCCN1CCOCC1)NCc1ccc(Cn2cnc3ccccc32)cc1. The number of imidazole rings is 1. The number of fused-ring (bicyclic) bond motifs is 1. The Morgan fingerprint density at radius 3 is 2.60 bits per heavy atom. The van der Waals surface area contributed by atoms with Crippen LogP contribution in [-0.4, -0.2) is 59.9 Å². The molecule has 0 bridgehead atoms. The molecular formula is C23H29N5O2. The van der Waals surface area contributed by atoms with Crippen molar-refractivity contribution in [3.63, 3.8) is 0 Å². The van der Waals surface area contributed by atoms with E-state index in [1.165, 1.54) is 5.56 Å². The van der Waals surface area contributed by atoms with Gasteiger partial charge in [0.1, 0.15) is 0 Å². The lowest BCUT2D eigenvalue weighted by Gasteiger charge is -2.26. The van der Waals surface area contributed by atoms with Crippen LogP contribution in [0, 0.1) is 0 Å². The van der Waals surface area contributed by atoms with Gasteiger partial charge in [0.15, 0.2) is 0 Å². The van der Waals surface area contributed by atoms with Gasteiger partial charge in [0.05, 0.1) is 30.6 Å². The summed E-state index contributed by atoms with van der Waals surface area (Å²) in [6, 6.07) is 16.4. The van der Waals surface area contributed by atoms with Crippen molar-refractivity contribution < 1.29 is 9.53 Å². The zero-order valence-corrected chi connectivity index (χ0v) is 17.2. The van der Waals surface area contributed by atoms with Gasteiger partial charge in [-0.15, -0.1) is 0 Å². The first-order chi connectivity index (χ1) is 14.8. The summed E-state index contributed by atoms with van der Waals surface area (Å²) in [5, 5.41) is 5.86. The van der Waals surface area contributed by atoms with E-state index in [1.54, 1.807) is 0 Å². The monoisotopic (exact) mass is 407 g/mol. The fraction of sp³-hybridized carbons (Fsp3) is 0.391. The highest BCUT2D eigenvalue weighted by molar-refractivity contribution is 5.75. The van der Waals surface area contributed by atoms with Crippen molar-refractivity contribution in [2.45, 2.75) is 19.5 Å². The molecule has 0 saturated carbocycles. The van der Waals surface area contributed by atoms with E-state index in [1.807, 2.05) is 24.5 Å². The first-order valence-electron chi connectivity index (χ1n) is 10.6. The van der Waals surface area contributed by atoms with Gasteiger partial charge >= 0.3 is 6.03 Å². The van der Waals surface area contributed by atoms with Crippen molar-refractivity contribution in [2.24, 2.45) is 0 Å². The van der Waals surface area contributed by atoms with Crippen LogP contribution in [0.5, 0.6) is 0 Å². The van der Waals surface area contributed by atoms with Gasteiger partial charge in [0.2, 0.25) is 0 Å². The Hall–Kier alpha value is -2.90. The van der Waals surface area contributed by atoms with E-state index in [-0.39, 0.29) is 6.03 Å². The van der Waals surface area contributed by atoms with Gasteiger partial charge in [0, 0.05) is 32.7 Å². The number of aromatic nitrogens is 2. The highest BCUT2D eigenvalue weighted by atomic mass is 16.5. The Balaban J connectivity index is 1.17. The predicted molar refractivity (Wildman–Crippen MR) is 117 cm³/mol. The molecule has 3 aromatic rings. The number of hydrogen-bond donors (Lipinski definition) is 2. The lowest BCUT2D eigenvalue weighted by atomic mass is 10.1. The van der Waals surface area contributed by atoms with Gasteiger partial charge in [-0.1, -0.05) is 36.4 Å². The third kappa shape index (κ3) is 5.58. The topological polar surface area (TPSA) is 71.4 Å². The van der Waals surface area contributed by atoms with Crippen LogP contribution in [0.4, 0.5) is 4.79 Å². The maximum atomic E-state index is 12.0. The second kappa shape index (κ2) is 10.2. The van der Waals surface area contributed by atoms with E-state index in [0.29, 0.717) is 13.1 Å². The number of nitrogens with zero attached hydrogens (tertiary/aromatic N) is 3. The van der Waals surface area contributed by atoms with Crippen molar-refractivity contribution in [1.29, 1.82) is 0 Å². The molecule has 2 amide bonds. The average Bonchev–Trinajstić information content (AvgIpc) is 3.20. The number of rotatable bonds is 8. The molecule has 0 atom stereocenters. The van der Waals surface area contributed by atoms with Crippen LogP contribution in [-0.2, 0) is 17.8 Å². The maximum Gasteiger partial charge on any atom is 0.315 e. The predicted octanol–water partition coefficient (Wildman–Crippen LogP) is 2.61. The number of benzene rings is 2. The Bertz CT molecular complexity index is 948. The normalized spacial score (nSPS) is 14.7. The number of morpholine rings is 1. The quantitative estimate of drug-likeness (QED) is 0.563. The second-order valence-corrected chi connectivity index (χ2v) is 7.59. The number of nitrogens with one attached hydrogen (secondary N) is 2. The smallest absolute Gasteiger partial charge is 0.315 e. The molecule has 1 aliphatic heterocycles. The second-order valence-electron chi connectivity index (χ2n) is 7.59. The molecule has 0 unspecified atom stereocenters. The van der Waals surface area contributed by atoms with Crippen LogP contribution in [0.15, 0.2) is 54.9 Å². The minimum absolute atomic E-state index is 0.120. The van der Waals surface area contributed by atoms with Crippen LogP contribution in [0.25, 0.3) is 11.0 Å². The average molecular weight is 408 g/mol. The largest absolute Gasteiger partial charge is 0.379 e. The highest BCUT2D eigenvalue weighted by Crippen LogP contribution is 2.14. The summed E-state index contributed by atoms with van der Waals surface area (Å²) in [6.07, 6.45) is 2.83. The molecule has 0 radical (unpaired) electrons. The number of carbonyl (C=O) groups is 1. The van der Waals surface area contributed by atoms with Crippen molar-refractivity contribution in [3.8, 4) is 0 Å². The fourth-order valence-electron chi connectivity index (χ4n) is 3.67. The summed E-state index contributed by atoms with van der Waals surface area (Å²) in [5.41, 5.74) is 4.43.